The Morgan fingerprint density at radius 1 is 1.03 bits per heavy atom. The third-order valence-electron chi connectivity index (χ3n) is 5.65. The van der Waals surface area contributed by atoms with Crippen molar-refractivity contribution in [2.75, 3.05) is 18.5 Å². The third kappa shape index (κ3) is 4.93. The highest BCUT2D eigenvalue weighted by Crippen LogP contribution is 2.37. The number of rotatable bonds is 8. The van der Waals surface area contributed by atoms with Crippen LogP contribution in [0.3, 0.4) is 0 Å². The minimum atomic E-state index is -0.634. The van der Waals surface area contributed by atoms with Crippen LogP contribution in [-0.4, -0.2) is 47.5 Å². The number of carbonyl (C=O) groups excluding carboxylic acids is 5. The number of Topliss-reactive ketones (excluding diaryl/α,β-unsaturated/α-hetero) is 1. The number of benzene rings is 1. The van der Waals surface area contributed by atoms with E-state index in [1.807, 2.05) is 0 Å². The maximum Gasteiger partial charge on any atom is 0.308 e. The van der Waals surface area contributed by atoms with Gasteiger partial charge in [-0.1, -0.05) is 19.8 Å². The van der Waals surface area contributed by atoms with E-state index in [4.69, 9.17) is 4.74 Å². The number of hydrogen-bond donors (Lipinski definition) is 1. The van der Waals surface area contributed by atoms with Crippen molar-refractivity contribution in [1.82, 2.24) is 4.90 Å². The van der Waals surface area contributed by atoms with Crippen molar-refractivity contribution < 1.29 is 28.7 Å². The molecular formula is C22H26N2O6. The van der Waals surface area contributed by atoms with Crippen LogP contribution in [0, 0.1) is 11.8 Å². The Morgan fingerprint density at radius 3 is 2.20 bits per heavy atom. The van der Waals surface area contributed by atoms with E-state index >= 15 is 0 Å². The molecule has 2 atom stereocenters. The van der Waals surface area contributed by atoms with E-state index in [9.17, 15) is 24.0 Å². The molecule has 3 amide bonds. The molecule has 1 aliphatic heterocycles. The highest BCUT2D eigenvalue weighted by molar-refractivity contribution is 6.05. The molecular weight excluding hydrogens is 388 g/mol. The molecule has 1 aromatic carbocycles. The Balaban J connectivity index is 1.44. The molecule has 1 N–H and O–H groups in total. The second-order valence-corrected chi connectivity index (χ2v) is 7.64. The summed E-state index contributed by atoms with van der Waals surface area (Å²) in [5.74, 6) is -2.01. The fourth-order valence-corrected chi connectivity index (χ4v) is 3.94. The van der Waals surface area contributed by atoms with Crippen LogP contribution in [0.5, 0.6) is 0 Å². The van der Waals surface area contributed by atoms with Crippen molar-refractivity contribution in [1.29, 1.82) is 0 Å². The van der Waals surface area contributed by atoms with Crippen LogP contribution >= 0.6 is 0 Å². The number of ketones is 1. The number of amides is 3. The van der Waals surface area contributed by atoms with Gasteiger partial charge in [0, 0.05) is 24.2 Å². The topological polar surface area (TPSA) is 110 Å². The number of ether oxygens (including phenoxy) is 1. The van der Waals surface area contributed by atoms with E-state index in [1.165, 1.54) is 4.90 Å². The molecule has 1 saturated heterocycles. The molecule has 0 unspecified atom stereocenters. The number of fused-ring (bicyclic) bond motifs is 1. The fourth-order valence-electron chi connectivity index (χ4n) is 3.94. The molecule has 0 radical (unpaired) electrons. The normalized spacial score (nSPS) is 20.6. The summed E-state index contributed by atoms with van der Waals surface area (Å²) in [6, 6.07) is 6.30. The van der Waals surface area contributed by atoms with Crippen LogP contribution in [0.2, 0.25) is 0 Å². The lowest BCUT2D eigenvalue weighted by Crippen LogP contribution is -2.33. The third-order valence-corrected chi connectivity index (χ3v) is 5.65. The average Bonchev–Trinajstić information content (AvgIpc) is 3.01. The standard InChI is InChI=1S/C22H26N2O6/c1-2-19(26)23-15-9-7-14(8-10-15)18(25)13-30-20(27)11-12-24-21(28)16-5-3-4-6-17(16)22(24)29/h7-10,16-17H,2-6,11-13H2,1H3,(H,23,26)/t16-,17-/m0/s1. The summed E-state index contributed by atoms with van der Waals surface area (Å²) < 4.78 is 5.01. The maximum absolute atomic E-state index is 12.4. The SMILES string of the molecule is CCC(=O)Nc1ccc(C(=O)COC(=O)CCN2C(=O)[C@H]3CCCC[C@@H]3C2=O)cc1. The molecule has 0 spiro atoms. The van der Waals surface area contributed by atoms with Gasteiger partial charge in [0.1, 0.15) is 0 Å². The van der Waals surface area contributed by atoms with E-state index in [-0.39, 0.29) is 48.3 Å². The quantitative estimate of drug-likeness (QED) is 0.397. The molecule has 8 nitrogen and oxygen atoms in total. The molecule has 1 aromatic rings. The van der Waals surface area contributed by atoms with Crippen molar-refractivity contribution in [3.05, 3.63) is 29.8 Å². The Hall–Kier alpha value is -3.03. The highest BCUT2D eigenvalue weighted by Gasteiger charge is 2.47. The second-order valence-electron chi connectivity index (χ2n) is 7.64. The second kappa shape index (κ2) is 9.65. The van der Waals surface area contributed by atoms with Gasteiger partial charge in [-0.15, -0.1) is 0 Å². The molecule has 1 saturated carbocycles. The zero-order chi connectivity index (χ0) is 21.7. The van der Waals surface area contributed by atoms with Gasteiger partial charge in [-0.25, -0.2) is 0 Å². The number of imide groups is 1. The van der Waals surface area contributed by atoms with E-state index in [0.717, 1.165) is 25.7 Å². The summed E-state index contributed by atoms with van der Waals surface area (Å²) in [6.45, 7) is 1.31. The lowest BCUT2D eigenvalue weighted by molar-refractivity contribution is -0.145. The summed E-state index contributed by atoms with van der Waals surface area (Å²) in [4.78, 5) is 61.5. The summed E-state index contributed by atoms with van der Waals surface area (Å²) >= 11 is 0. The Bertz CT molecular complexity index is 824. The monoisotopic (exact) mass is 414 g/mol. The van der Waals surface area contributed by atoms with Crippen molar-refractivity contribution in [2.24, 2.45) is 11.8 Å². The summed E-state index contributed by atoms with van der Waals surface area (Å²) in [5.41, 5.74) is 0.933. The van der Waals surface area contributed by atoms with Gasteiger partial charge in [-0.2, -0.15) is 0 Å². The molecule has 1 aliphatic carbocycles. The molecule has 2 fully saturated rings. The van der Waals surface area contributed by atoms with Crippen LogP contribution < -0.4 is 5.32 Å². The number of nitrogens with one attached hydrogen (secondary N) is 1. The van der Waals surface area contributed by atoms with E-state index in [1.54, 1.807) is 31.2 Å². The minimum Gasteiger partial charge on any atom is -0.457 e. The first kappa shape index (κ1) is 21.7. The molecule has 0 bridgehead atoms. The molecule has 3 rings (SSSR count). The van der Waals surface area contributed by atoms with Gasteiger partial charge in [-0.3, -0.25) is 28.9 Å². The molecule has 0 aromatic heterocycles. The number of nitrogens with zero attached hydrogens (tertiary/aromatic N) is 1. The highest BCUT2D eigenvalue weighted by atomic mass is 16.5. The molecule has 8 heteroatoms. The zero-order valence-electron chi connectivity index (χ0n) is 17.0. The zero-order valence-corrected chi connectivity index (χ0v) is 17.0. The van der Waals surface area contributed by atoms with Crippen molar-refractivity contribution in [2.45, 2.75) is 45.4 Å². The van der Waals surface area contributed by atoms with Crippen molar-refractivity contribution in [3.63, 3.8) is 0 Å². The van der Waals surface area contributed by atoms with Crippen LogP contribution in [0.4, 0.5) is 5.69 Å². The van der Waals surface area contributed by atoms with Crippen LogP contribution in [-0.2, 0) is 23.9 Å². The van der Waals surface area contributed by atoms with Gasteiger partial charge in [0.2, 0.25) is 17.7 Å². The molecule has 1 heterocycles. The van der Waals surface area contributed by atoms with Gasteiger partial charge in [0.15, 0.2) is 12.4 Å². The van der Waals surface area contributed by atoms with Crippen molar-refractivity contribution >= 4 is 35.2 Å². The molecule has 160 valence electrons. The average molecular weight is 414 g/mol. The van der Waals surface area contributed by atoms with E-state index in [2.05, 4.69) is 5.32 Å². The lowest BCUT2D eigenvalue weighted by atomic mass is 9.81. The Labute approximate surface area is 174 Å². The van der Waals surface area contributed by atoms with E-state index in [0.29, 0.717) is 17.7 Å². The van der Waals surface area contributed by atoms with Gasteiger partial charge < -0.3 is 10.1 Å². The number of esters is 1. The predicted octanol–water partition coefficient (Wildman–Crippen LogP) is 2.33. The largest absolute Gasteiger partial charge is 0.457 e. The molecule has 2 aliphatic rings. The van der Waals surface area contributed by atoms with Crippen LogP contribution in [0.25, 0.3) is 0 Å². The Morgan fingerprint density at radius 2 is 1.63 bits per heavy atom. The summed E-state index contributed by atoms with van der Waals surface area (Å²) in [6.07, 6.45) is 3.57. The van der Waals surface area contributed by atoms with Gasteiger partial charge in [0.05, 0.1) is 18.3 Å². The Kier molecular flexibility index (Phi) is 6.97. The van der Waals surface area contributed by atoms with Gasteiger partial charge in [-0.05, 0) is 37.1 Å². The van der Waals surface area contributed by atoms with E-state index < -0.39 is 12.6 Å². The van der Waals surface area contributed by atoms with Gasteiger partial charge >= 0.3 is 5.97 Å². The van der Waals surface area contributed by atoms with Crippen LogP contribution in [0.15, 0.2) is 24.3 Å². The fraction of sp³-hybridized carbons (Fsp3) is 0.500. The van der Waals surface area contributed by atoms with Gasteiger partial charge in [0.25, 0.3) is 0 Å². The minimum absolute atomic E-state index is 0.0104. The lowest BCUT2D eigenvalue weighted by Gasteiger charge is -2.19. The number of likely N-dealkylation sites (tertiary alicyclic amines) is 1. The first-order chi connectivity index (χ1) is 14.4. The summed E-state index contributed by atoms with van der Waals surface area (Å²) in [5, 5.41) is 2.68. The van der Waals surface area contributed by atoms with Crippen molar-refractivity contribution in [3.8, 4) is 0 Å². The number of carbonyl (C=O) groups is 5. The first-order valence-corrected chi connectivity index (χ1v) is 10.3. The predicted molar refractivity (Wildman–Crippen MR) is 107 cm³/mol. The maximum atomic E-state index is 12.4. The smallest absolute Gasteiger partial charge is 0.308 e. The summed E-state index contributed by atoms with van der Waals surface area (Å²) in [7, 11) is 0. The van der Waals surface area contributed by atoms with Crippen LogP contribution in [0.1, 0.15) is 55.8 Å². The first-order valence-electron chi connectivity index (χ1n) is 10.3. The molecule has 30 heavy (non-hydrogen) atoms. The number of anilines is 1. The number of hydrogen-bond acceptors (Lipinski definition) is 6.